The van der Waals surface area contributed by atoms with E-state index in [9.17, 15) is 22.9 Å². The van der Waals surface area contributed by atoms with E-state index >= 15 is 0 Å². The molecule has 186 valence electrons. The van der Waals surface area contributed by atoms with Gasteiger partial charge in [-0.2, -0.15) is 5.26 Å². The average molecular weight is 516 g/mol. The molecule has 4 aromatic rings. The monoisotopic (exact) mass is 515 g/mol. The predicted molar refractivity (Wildman–Crippen MR) is 138 cm³/mol. The molecule has 7 nitrogen and oxygen atoms in total. The van der Waals surface area contributed by atoms with E-state index < -0.39 is 15.8 Å². The summed E-state index contributed by atoms with van der Waals surface area (Å²) in [6, 6.07) is 25.8. The Bertz CT molecular complexity index is 1600. The van der Waals surface area contributed by atoms with Crippen LogP contribution in [0.4, 0.5) is 10.1 Å². The Morgan fingerprint density at radius 3 is 2.43 bits per heavy atom. The lowest BCUT2D eigenvalue weighted by atomic mass is 10.0. The molecule has 37 heavy (non-hydrogen) atoms. The van der Waals surface area contributed by atoms with Crippen LogP contribution in [-0.2, 0) is 21.2 Å². The number of amides is 1. The summed E-state index contributed by atoms with van der Waals surface area (Å²) in [6.45, 7) is 0. The fourth-order valence-electron chi connectivity index (χ4n) is 3.63. The smallest absolute Gasteiger partial charge is 0.240 e. The summed E-state index contributed by atoms with van der Waals surface area (Å²) in [5.74, 6) is 0.0536. The highest BCUT2D eigenvalue weighted by Crippen LogP contribution is 2.36. The Labute approximate surface area is 214 Å². The van der Waals surface area contributed by atoms with Gasteiger partial charge < -0.3 is 10.1 Å². The van der Waals surface area contributed by atoms with Crippen LogP contribution in [0.15, 0.2) is 95.9 Å². The van der Waals surface area contributed by atoms with E-state index in [1.54, 1.807) is 66.7 Å². The molecule has 0 aliphatic rings. The normalized spacial score (nSPS) is 10.9. The van der Waals surface area contributed by atoms with E-state index in [-0.39, 0.29) is 17.2 Å². The van der Waals surface area contributed by atoms with Crippen LogP contribution in [0.3, 0.4) is 0 Å². The topological polar surface area (TPSA) is 108 Å². The number of hydrogen-bond donors (Lipinski definition) is 2. The van der Waals surface area contributed by atoms with Gasteiger partial charge >= 0.3 is 0 Å². The highest BCUT2D eigenvalue weighted by atomic mass is 32.2. The van der Waals surface area contributed by atoms with Crippen molar-refractivity contribution in [1.82, 2.24) is 4.72 Å². The van der Waals surface area contributed by atoms with Gasteiger partial charge in [0.15, 0.2) is 0 Å². The highest BCUT2D eigenvalue weighted by Gasteiger charge is 2.14. The molecule has 0 spiro atoms. The van der Waals surface area contributed by atoms with Crippen molar-refractivity contribution in [1.29, 1.82) is 5.26 Å². The van der Waals surface area contributed by atoms with E-state index in [1.807, 2.05) is 0 Å². The quantitative estimate of drug-likeness (QED) is 0.333. The molecule has 0 saturated heterocycles. The first-order valence-electron chi connectivity index (χ1n) is 11.2. The summed E-state index contributed by atoms with van der Waals surface area (Å²) in [6.07, 6.45) is 0.0198. The Hall–Kier alpha value is -4.52. The van der Waals surface area contributed by atoms with Crippen molar-refractivity contribution in [3.63, 3.8) is 0 Å². The lowest BCUT2D eigenvalue weighted by molar-refractivity contribution is -0.115. The van der Waals surface area contributed by atoms with Gasteiger partial charge in [0.25, 0.3) is 0 Å². The van der Waals surface area contributed by atoms with Crippen LogP contribution in [0.1, 0.15) is 11.1 Å². The van der Waals surface area contributed by atoms with E-state index in [0.717, 1.165) is 0 Å². The minimum absolute atomic E-state index is 0.0198. The van der Waals surface area contributed by atoms with Gasteiger partial charge in [-0.25, -0.2) is 17.5 Å². The first-order chi connectivity index (χ1) is 17.8. The third-order valence-corrected chi connectivity index (χ3v) is 6.89. The minimum atomic E-state index is -3.56. The third-order valence-electron chi connectivity index (χ3n) is 5.46. The third kappa shape index (κ3) is 6.38. The number of nitrogens with zero attached hydrogens (tertiary/aromatic N) is 1. The van der Waals surface area contributed by atoms with Crippen LogP contribution >= 0.6 is 0 Å². The van der Waals surface area contributed by atoms with Gasteiger partial charge in [0, 0.05) is 17.3 Å². The van der Waals surface area contributed by atoms with E-state index in [4.69, 9.17) is 4.74 Å². The number of rotatable bonds is 8. The van der Waals surface area contributed by atoms with Gasteiger partial charge in [0.1, 0.15) is 17.3 Å². The zero-order valence-corrected chi connectivity index (χ0v) is 20.6. The maximum Gasteiger partial charge on any atom is 0.240 e. The molecule has 0 atom stereocenters. The molecule has 1 amide bonds. The SMILES string of the molecule is CNS(=O)(=O)c1ccc(CC(=O)Nc2ccc(-c3cccc(F)c3)c(Oc3cccc(C#N)c3)c2)cc1. The molecule has 0 unspecified atom stereocenters. The van der Waals surface area contributed by atoms with E-state index in [1.165, 1.54) is 31.3 Å². The van der Waals surface area contributed by atoms with E-state index in [2.05, 4.69) is 16.1 Å². The van der Waals surface area contributed by atoms with Crippen molar-refractivity contribution in [3.8, 4) is 28.7 Å². The molecule has 0 aromatic heterocycles. The van der Waals surface area contributed by atoms with Gasteiger partial charge in [-0.1, -0.05) is 30.3 Å². The fourth-order valence-corrected chi connectivity index (χ4v) is 4.36. The van der Waals surface area contributed by atoms with Gasteiger partial charge in [-0.3, -0.25) is 4.79 Å². The highest BCUT2D eigenvalue weighted by molar-refractivity contribution is 7.89. The maximum absolute atomic E-state index is 13.9. The molecule has 0 aliphatic carbocycles. The lowest BCUT2D eigenvalue weighted by Crippen LogP contribution is -2.18. The maximum atomic E-state index is 13.9. The number of benzene rings is 4. The molecule has 0 saturated carbocycles. The molecular formula is C28H22FN3O4S. The molecule has 4 rings (SSSR count). The lowest BCUT2D eigenvalue weighted by Gasteiger charge is -2.14. The van der Waals surface area contributed by atoms with Crippen molar-refractivity contribution in [2.45, 2.75) is 11.3 Å². The van der Waals surface area contributed by atoms with Gasteiger partial charge in [0.2, 0.25) is 15.9 Å². The molecule has 0 bridgehead atoms. The Kier molecular flexibility index (Phi) is 7.63. The van der Waals surface area contributed by atoms with Crippen molar-refractivity contribution in [2.75, 3.05) is 12.4 Å². The molecule has 0 fully saturated rings. The minimum Gasteiger partial charge on any atom is -0.457 e. The van der Waals surface area contributed by atoms with Crippen LogP contribution in [0.2, 0.25) is 0 Å². The van der Waals surface area contributed by atoms with Gasteiger partial charge in [-0.15, -0.1) is 0 Å². The number of sulfonamides is 1. The van der Waals surface area contributed by atoms with Gasteiger partial charge in [0.05, 0.1) is 22.9 Å². The van der Waals surface area contributed by atoms with Crippen molar-refractivity contribution >= 4 is 21.6 Å². The summed E-state index contributed by atoms with van der Waals surface area (Å²) in [5, 5.41) is 12.0. The van der Waals surface area contributed by atoms with Crippen LogP contribution < -0.4 is 14.8 Å². The van der Waals surface area contributed by atoms with E-state index in [0.29, 0.717) is 39.4 Å². The first kappa shape index (κ1) is 25.6. The second-order valence-electron chi connectivity index (χ2n) is 8.04. The zero-order valence-electron chi connectivity index (χ0n) is 19.7. The fraction of sp³-hybridized carbons (Fsp3) is 0.0714. The molecule has 2 N–H and O–H groups in total. The summed E-state index contributed by atoms with van der Waals surface area (Å²) >= 11 is 0. The average Bonchev–Trinajstić information content (AvgIpc) is 2.89. The summed E-state index contributed by atoms with van der Waals surface area (Å²) in [7, 11) is -2.23. The second-order valence-corrected chi connectivity index (χ2v) is 9.93. The van der Waals surface area contributed by atoms with Crippen molar-refractivity contribution in [3.05, 3.63) is 108 Å². The zero-order chi connectivity index (χ0) is 26.4. The Balaban J connectivity index is 1.58. The molecule has 0 radical (unpaired) electrons. The summed E-state index contributed by atoms with van der Waals surface area (Å²) < 4.78 is 46.0. The second kappa shape index (κ2) is 11.0. The number of nitriles is 1. The molecule has 4 aromatic carbocycles. The van der Waals surface area contributed by atoms with Crippen LogP contribution in [0.25, 0.3) is 11.1 Å². The molecule has 0 aliphatic heterocycles. The summed E-state index contributed by atoms with van der Waals surface area (Å²) in [4.78, 5) is 12.8. The number of anilines is 1. The molecule has 0 heterocycles. The molecule has 9 heteroatoms. The van der Waals surface area contributed by atoms with Gasteiger partial charge in [-0.05, 0) is 72.8 Å². The summed E-state index contributed by atoms with van der Waals surface area (Å²) in [5.41, 5.74) is 2.68. The van der Waals surface area contributed by atoms with Crippen molar-refractivity contribution in [2.24, 2.45) is 0 Å². The predicted octanol–water partition coefficient (Wildman–Crippen LogP) is 5.25. The Morgan fingerprint density at radius 1 is 0.973 bits per heavy atom. The number of hydrogen-bond acceptors (Lipinski definition) is 5. The Morgan fingerprint density at radius 2 is 1.73 bits per heavy atom. The van der Waals surface area contributed by atoms with Crippen LogP contribution in [-0.4, -0.2) is 21.4 Å². The van der Waals surface area contributed by atoms with Crippen LogP contribution in [0.5, 0.6) is 11.5 Å². The number of carbonyl (C=O) groups is 1. The molecular weight excluding hydrogens is 493 g/mol. The number of halogens is 1. The largest absolute Gasteiger partial charge is 0.457 e. The van der Waals surface area contributed by atoms with Crippen molar-refractivity contribution < 1.29 is 22.3 Å². The standard InChI is InChI=1S/C28H22FN3O4S/c1-31-37(34,35)25-11-8-19(9-12-25)15-28(33)32-23-10-13-26(21-5-3-6-22(29)16-21)27(17-23)36-24-7-2-4-20(14-24)18-30/h2-14,16-17,31H,15H2,1H3,(H,32,33). The number of carbonyl (C=O) groups excluding carboxylic acids is 1. The number of nitrogens with one attached hydrogen (secondary N) is 2. The van der Waals surface area contributed by atoms with Crippen LogP contribution in [0, 0.1) is 17.1 Å². The first-order valence-corrected chi connectivity index (χ1v) is 12.7. The number of ether oxygens (including phenoxy) is 1.